The Bertz CT molecular complexity index is 537. The molecule has 1 aromatic heterocycles. The van der Waals surface area contributed by atoms with Crippen LogP contribution in [0.4, 0.5) is 5.82 Å². The van der Waals surface area contributed by atoms with Crippen LogP contribution in [0.25, 0.3) is 0 Å². The van der Waals surface area contributed by atoms with Crippen LogP contribution >= 0.6 is 0 Å². The number of hydrogen-bond donors (Lipinski definition) is 3. The van der Waals surface area contributed by atoms with Gasteiger partial charge in [0.05, 0.1) is 12.6 Å². The van der Waals surface area contributed by atoms with Crippen molar-refractivity contribution in [3.63, 3.8) is 0 Å². The second-order valence-corrected chi connectivity index (χ2v) is 6.59. The summed E-state index contributed by atoms with van der Waals surface area (Å²) in [6, 6.07) is 3.94. The van der Waals surface area contributed by atoms with Crippen molar-refractivity contribution in [1.29, 1.82) is 0 Å². The van der Waals surface area contributed by atoms with Gasteiger partial charge in [-0.2, -0.15) is 0 Å². The van der Waals surface area contributed by atoms with Gasteiger partial charge in [0.25, 0.3) is 0 Å². The van der Waals surface area contributed by atoms with Gasteiger partial charge in [-0.15, -0.1) is 0 Å². The maximum absolute atomic E-state index is 9.36. The number of hydrogen-bond acceptors (Lipinski definition) is 6. The van der Waals surface area contributed by atoms with Gasteiger partial charge in [0.15, 0.2) is 0 Å². The van der Waals surface area contributed by atoms with Crippen LogP contribution in [0.1, 0.15) is 37.4 Å². The molecule has 1 rings (SSSR count). The van der Waals surface area contributed by atoms with Crippen LogP contribution < -0.4 is 11.1 Å². The molecule has 1 atom stereocenters. The summed E-state index contributed by atoms with van der Waals surface area (Å²) in [6.07, 6.45) is 4.84. The average Bonchev–Trinajstić information content (AvgIpc) is 2.65. The first kappa shape index (κ1) is 22.4. The summed E-state index contributed by atoms with van der Waals surface area (Å²) in [5, 5.41) is 12.5. The summed E-state index contributed by atoms with van der Waals surface area (Å²) in [5.41, 5.74) is 8.24. The second kappa shape index (κ2) is 12.7. The molecule has 4 N–H and O–H groups in total. The van der Waals surface area contributed by atoms with Gasteiger partial charge in [0.2, 0.25) is 0 Å². The van der Waals surface area contributed by atoms with Crippen LogP contribution in [0.2, 0.25) is 0 Å². The molecule has 0 radical (unpaired) electrons. The molecule has 6 nitrogen and oxygen atoms in total. The van der Waals surface area contributed by atoms with Crippen LogP contribution in [0, 0.1) is 0 Å². The minimum Gasteiger partial charge on any atom is -0.511 e. The van der Waals surface area contributed by atoms with Gasteiger partial charge >= 0.3 is 0 Å². The van der Waals surface area contributed by atoms with E-state index < -0.39 is 0 Å². The quantitative estimate of drug-likeness (QED) is 0.348. The highest BCUT2D eigenvalue weighted by Crippen LogP contribution is 2.15. The zero-order valence-corrected chi connectivity index (χ0v) is 16.6. The fraction of sp³-hybridized carbons (Fsp3) is 0.650. The lowest BCUT2D eigenvalue weighted by atomic mass is 10.1. The van der Waals surface area contributed by atoms with Crippen molar-refractivity contribution in [3.05, 3.63) is 35.7 Å². The van der Waals surface area contributed by atoms with Gasteiger partial charge in [-0.1, -0.05) is 19.6 Å². The Morgan fingerprint density at radius 3 is 2.73 bits per heavy atom. The van der Waals surface area contributed by atoms with Crippen LogP contribution in [0.15, 0.2) is 24.5 Å². The number of rotatable bonds is 14. The molecule has 26 heavy (non-hydrogen) atoms. The van der Waals surface area contributed by atoms with Gasteiger partial charge in [0.1, 0.15) is 11.6 Å². The molecule has 0 aliphatic heterocycles. The molecule has 0 aliphatic carbocycles. The third kappa shape index (κ3) is 8.17. The fourth-order valence-corrected chi connectivity index (χ4v) is 2.85. The predicted octanol–water partition coefficient (Wildman–Crippen LogP) is 2.75. The number of nitrogens with two attached hydrogens (primary N) is 1. The van der Waals surface area contributed by atoms with Crippen molar-refractivity contribution >= 4 is 5.82 Å². The van der Waals surface area contributed by atoms with E-state index in [4.69, 9.17) is 15.5 Å². The van der Waals surface area contributed by atoms with Crippen LogP contribution in [-0.4, -0.2) is 61.4 Å². The molecule has 0 saturated carbocycles. The summed E-state index contributed by atoms with van der Waals surface area (Å²) in [6.45, 7) is 9.03. The summed E-state index contributed by atoms with van der Waals surface area (Å²) in [4.78, 5) is 7.04. The summed E-state index contributed by atoms with van der Waals surface area (Å²) in [5.74, 6) is 1.04. The molecule has 0 fully saturated rings. The predicted molar refractivity (Wildman–Crippen MR) is 109 cm³/mol. The maximum atomic E-state index is 9.36. The number of anilines is 1. The highest BCUT2D eigenvalue weighted by Gasteiger charge is 2.10. The van der Waals surface area contributed by atoms with Crippen LogP contribution in [-0.2, 0) is 17.6 Å². The molecule has 0 aromatic carbocycles. The van der Waals surface area contributed by atoms with Gasteiger partial charge in [-0.05, 0) is 50.3 Å². The Kier molecular flexibility index (Phi) is 10.9. The molecule has 0 saturated heterocycles. The third-order valence-electron chi connectivity index (χ3n) is 4.61. The molecule has 148 valence electrons. The van der Waals surface area contributed by atoms with E-state index in [2.05, 4.69) is 35.9 Å². The lowest BCUT2D eigenvalue weighted by Gasteiger charge is -2.23. The molecule has 0 spiro atoms. The molecule has 1 unspecified atom stereocenters. The number of aliphatic hydroxyl groups excluding tert-OH is 1. The first-order valence-electron chi connectivity index (χ1n) is 9.53. The minimum atomic E-state index is -0.360. The van der Waals surface area contributed by atoms with E-state index in [-0.39, 0.29) is 11.8 Å². The zero-order valence-electron chi connectivity index (χ0n) is 16.6. The maximum Gasteiger partial charge on any atom is 0.129 e. The molecule has 6 heteroatoms. The molecule has 0 amide bonds. The molecular weight excluding hydrogens is 328 g/mol. The van der Waals surface area contributed by atoms with Crippen molar-refractivity contribution in [1.82, 2.24) is 9.88 Å². The average molecular weight is 365 g/mol. The molecule has 0 bridgehead atoms. The van der Waals surface area contributed by atoms with E-state index >= 15 is 0 Å². The van der Waals surface area contributed by atoms with Gasteiger partial charge in [-0.3, -0.25) is 0 Å². The van der Waals surface area contributed by atoms with Crippen molar-refractivity contribution in [3.8, 4) is 0 Å². The smallest absolute Gasteiger partial charge is 0.129 e. The van der Waals surface area contributed by atoms with Crippen molar-refractivity contribution in [2.45, 2.75) is 45.1 Å². The molecule has 1 heterocycles. The van der Waals surface area contributed by atoms with Gasteiger partial charge in [-0.25, -0.2) is 4.98 Å². The standard InChI is InChI=1S/C20H36N4O2/c1-5-17-9-10-18(23-20(17)22-3)8-6-7-12-24(14-15-26-4)13-11-19(21)16(2)25/h9-10,19,25H,2,5-8,11-15,21H2,1,3-4H3,(H,22,23). The Labute approximate surface area is 158 Å². The second-order valence-electron chi connectivity index (χ2n) is 6.59. The Balaban J connectivity index is 2.42. The summed E-state index contributed by atoms with van der Waals surface area (Å²) in [7, 11) is 3.63. The number of methoxy groups -OCH3 is 1. The molecular formula is C20H36N4O2. The topological polar surface area (TPSA) is 83.6 Å². The minimum absolute atomic E-state index is 0.0543. The van der Waals surface area contributed by atoms with E-state index in [0.717, 1.165) is 56.8 Å². The highest BCUT2D eigenvalue weighted by molar-refractivity contribution is 5.44. The lowest BCUT2D eigenvalue weighted by molar-refractivity contribution is 0.144. The van der Waals surface area contributed by atoms with E-state index in [9.17, 15) is 5.11 Å². The Morgan fingerprint density at radius 2 is 2.12 bits per heavy atom. The van der Waals surface area contributed by atoms with E-state index in [1.165, 1.54) is 5.56 Å². The largest absolute Gasteiger partial charge is 0.511 e. The number of nitrogens with one attached hydrogen (secondary N) is 1. The summed E-state index contributed by atoms with van der Waals surface area (Å²) >= 11 is 0. The molecule has 0 aliphatic rings. The monoisotopic (exact) mass is 364 g/mol. The van der Waals surface area contributed by atoms with E-state index in [1.807, 2.05) is 7.05 Å². The third-order valence-corrected chi connectivity index (χ3v) is 4.61. The Hall–Kier alpha value is -1.63. The van der Waals surface area contributed by atoms with Gasteiger partial charge < -0.3 is 25.8 Å². The van der Waals surface area contributed by atoms with Crippen molar-refractivity contribution in [2.24, 2.45) is 5.73 Å². The number of unbranched alkanes of at least 4 members (excludes halogenated alkanes) is 1. The van der Waals surface area contributed by atoms with Crippen molar-refractivity contribution in [2.75, 3.05) is 45.7 Å². The number of ether oxygens (including phenoxy) is 1. The number of aromatic nitrogens is 1. The highest BCUT2D eigenvalue weighted by atomic mass is 16.5. The fourth-order valence-electron chi connectivity index (χ4n) is 2.85. The Morgan fingerprint density at radius 1 is 1.35 bits per heavy atom. The summed E-state index contributed by atoms with van der Waals surface area (Å²) < 4.78 is 5.19. The number of aryl methyl sites for hydroxylation is 2. The number of nitrogens with zero attached hydrogens (tertiary/aromatic N) is 2. The lowest BCUT2D eigenvalue weighted by Crippen LogP contribution is -2.34. The first-order valence-corrected chi connectivity index (χ1v) is 9.53. The number of pyridine rings is 1. The van der Waals surface area contributed by atoms with E-state index in [0.29, 0.717) is 13.0 Å². The van der Waals surface area contributed by atoms with Crippen molar-refractivity contribution < 1.29 is 9.84 Å². The van der Waals surface area contributed by atoms with E-state index in [1.54, 1.807) is 7.11 Å². The zero-order chi connectivity index (χ0) is 19.4. The molecule has 1 aromatic rings. The van der Waals surface area contributed by atoms with Crippen LogP contribution in [0.5, 0.6) is 0 Å². The SMILES string of the molecule is C=C(O)C(N)CCN(CCCCc1ccc(CC)c(NC)n1)CCOC. The normalized spacial score (nSPS) is 12.3. The number of aliphatic hydroxyl groups is 1. The first-order chi connectivity index (χ1) is 12.5. The van der Waals surface area contributed by atoms with Crippen LogP contribution in [0.3, 0.4) is 0 Å². The van der Waals surface area contributed by atoms with Gasteiger partial charge in [0, 0.05) is 32.9 Å².